The quantitative estimate of drug-likeness (QED) is 0.654. The van der Waals surface area contributed by atoms with Crippen molar-refractivity contribution in [2.75, 3.05) is 6.54 Å². The van der Waals surface area contributed by atoms with Gasteiger partial charge in [0.05, 0.1) is 6.04 Å². The highest BCUT2D eigenvalue weighted by Gasteiger charge is 2.22. The van der Waals surface area contributed by atoms with E-state index >= 15 is 0 Å². The van der Waals surface area contributed by atoms with Crippen LogP contribution < -0.4 is 5.32 Å². The monoisotopic (exact) mass is 181 g/mol. The summed E-state index contributed by atoms with van der Waals surface area (Å²) in [6.45, 7) is 0.883. The first kappa shape index (κ1) is 8.36. The zero-order valence-electron chi connectivity index (χ0n) is 5.30. The maximum Gasteiger partial charge on any atom is 0.218 e. The lowest BCUT2D eigenvalue weighted by Gasteiger charge is -2.03. The van der Waals surface area contributed by atoms with E-state index in [1.165, 1.54) is 0 Å². The van der Waals surface area contributed by atoms with Gasteiger partial charge in [-0.05, 0) is 19.4 Å². The van der Waals surface area contributed by atoms with Crippen molar-refractivity contribution in [3.63, 3.8) is 0 Å². The molecular formula is C5H8FNOS2. The first-order valence-electron chi connectivity index (χ1n) is 3.07. The molecule has 0 bridgehead atoms. The molecule has 0 aromatic carbocycles. The molecule has 0 spiro atoms. The van der Waals surface area contributed by atoms with Crippen molar-refractivity contribution >= 4 is 27.1 Å². The third-order valence-electron chi connectivity index (χ3n) is 1.46. The maximum absolute atomic E-state index is 11.5. The molecule has 10 heavy (non-hydrogen) atoms. The summed E-state index contributed by atoms with van der Waals surface area (Å²) < 4.78 is 11.5. The van der Waals surface area contributed by atoms with E-state index < -0.39 is 0 Å². The fourth-order valence-corrected chi connectivity index (χ4v) is 1.89. The Bertz CT molecular complexity index is 127. The molecule has 0 amide bonds. The summed E-state index contributed by atoms with van der Waals surface area (Å²) in [6.07, 6.45) is 1.88. The predicted molar refractivity (Wildman–Crippen MR) is 42.3 cm³/mol. The molecule has 58 valence electrons. The summed E-state index contributed by atoms with van der Waals surface area (Å²) in [6, 6.07) is -0.103. The highest BCUT2D eigenvalue weighted by Crippen LogP contribution is 2.26. The predicted octanol–water partition coefficient (Wildman–Crippen LogP) is 1.53. The Morgan fingerprint density at radius 2 is 2.50 bits per heavy atom. The number of carbonyl (C=O) groups excluding carboxylic acids is 1. The summed E-state index contributed by atoms with van der Waals surface area (Å²) >= 11 is 0.0237. The van der Waals surface area contributed by atoms with Crippen molar-refractivity contribution in [3.8, 4) is 0 Å². The number of halogens is 1. The van der Waals surface area contributed by atoms with Gasteiger partial charge < -0.3 is 5.32 Å². The van der Waals surface area contributed by atoms with Crippen molar-refractivity contribution < 1.29 is 8.68 Å². The lowest BCUT2D eigenvalue weighted by atomic mass is 10.2. The molecule has 1 saturated heterocycles. The van der Waals surface area contributed by atoms with Crippen LogP contribution in [0, 0.1) is 0 Å². The Labute approximate surface area is 67.0 Å². The second kappa shape index (κ2) is 4.20. The van der Waals surface area contributed by atoms with Crippen LogP contribution in [0.15, 0.2) is 0 Å². The van der Waals surface area contributed by atoms with Crippen LogP contribution in [-0.4, -0.2) is 17.7 Å². The minimum Gasteiger partial charge on any atom is -0.307 e. The lowest BCUT2D eigenvalue weighted by Crippen LogP contribution is -2.27. The largest absolute Gasteiger partial charge is 0.307 e. The molecule has 0 unspecified atom stereocenters. The molecule has 0 aromatic rings. The average molecular weight is 181 g/mol. The number of rotatable bonds is 2. The van der Waals surface area contributed by atoms with E-state index in [0.29, 0.717) is 10.8 Å². The molecule has 1 atom stereocenters. The molecule has 0 aliphatic carbocycles. The highest BCUT2D eigenvalue weighted by molar-refractivity contribution is 8.80. The van der Waals surface area contributed by atoms with Crippen LogP contribution in [-0.2, 0) is 4.79 Å². The van der Waals surface area contributed by atoms with Gasteiger partial charge >= 0.3 is 0 Å². The van der Waals surface area contributed by atoms with Gasteiger partial charge in [0.2, 0.25) is 5.12 Å². The normalized spacial score (nSPS) is 25.1. The molecular weight excluding hydrogens is 173 g/mol. The second-order valence-corrected chi connectivity index (χ2v) is 3.69. The van der Waals surface area contributed by atoms with Gasteiger partial charge in [0.15, 0.2) is 0 Å². The van der Waals surface area contributed by atoms with Gasteiger partial charge in [0, 0.05) is 10.8 Å². The summed E-state index contributed by atoms with van der Waals surface area (Å²) in [7, 11) is 0.677. The number of carbonyl (C=O) groups is 1. The Kier molecular flexibility index (Phi) is 3.51. The van der Waals surface area contributed by atoms with Crippen LogP contribution in [0.3, 0.4) is 0 Å². The maximum atomic E-state index is 11.5. The van der Waals surface area contributed by atoms with Crippen molar-refractivity contribution in [1.29, 1.82) is 0 Å². The number of hydrogen-bond donors (Lipinski definition) is 1. The Hall–Kier alpha value is 0.260. The molecule has 0 aromatic heterocycles. The fourth-order valence-electron chi connectivity index (χ4n) is 0.975. The van der Waals surface area contributed by atoms with Gasteiger partial charge in [-0.3, -0.25) is 4.79 Å². The van der Waals surface area contributed by atoms with Gasteiger partial charge in [0.1, 0.15) is 11.2 Å². The van der Waals surface area contributed by atoms with Crippen LogP contribution >= 0.6 is 22.0 Å². The SMILES string of the molecule is O=C(SSF)[C@@H]1CCCN1. The average Bonchev–Trinajstić information content (AvgIpc) is 2.38. The Balaban J connectivity index is 2.25. The van der Waals surface area contributed by atoms with E-state index in [2.05, 4.69) is 5.32 Å². The summed E-state index contributed by atoms with van der Waals surface area (Å²) in [5, 5.41) is 2.90. The van der Waals surface area contributed by atoms with E-state index in [1.807, 2.05) is 0 Å². The Morgan fingerprint density at radius 1 is 1.70 bits per heavy atom. The molecule has 1 rings (SSSR count). The van der Waals surface area contributed by atoms with Gasteiger partial charge in [-0.1, -0.05) is 0 Å². The minimum absolute atomic E-state index is 0.0237. The van der Waals surface area contributed by atoms with Gasteiger partial charge in [0.25, 0.3) is 0 Å². The third kappa shape index (κ3) is 2.14. The van der Waals surface area contributed by atoms with Crippen LogP contribution in [0.1, 0.15) is 12.8 Å². The number of hydrogen-bond acceptors (Lipinski definition) is 4. The van der Waals surface area contributed by atoms with Crippen molar-refractivity contribution in [2.24, 2.45) is 0 Å². The second-order valence-electron chi connectivity index (χ2n) is 2.11. The van der Waals surface area contributed by atoms with E-state index in [4.69, 9.17) is 0 Å². The topological polar surface area (TPSA) is 29.1 Å². The lowest BCUT2D eigenvalue weighted by molar-refractivity contribution is -0.112. The summed E-state index contributed by atoms with van der Waals surface area (Å²) in [5.74, 6) is 0. The molecule has 1 fully saturated rings. The zero-order chi connectivity index (χ0) is 7.40. The smallest absolute Gasteiger partial charge is 0.218 e. The summed E-state index contributed by atoms with van der Waals surface area (Å²) in [5.41, 5.74) is 0. The van der Waals surface area contributed by atoms with Crippen LogP contribution in [0.4, 0.5) is 3.89 Å². The Morgan fingerprint density at radius 3 is 3.00 bits per heavy atom. The molecule has 1 heterocycles. The van der Waals surface area contributed by atoms with Gasteiger partial charge in [-0.2, -0.15) is 3.89 Å². The summed E-state index contributed by atoms with van der Waals surface area (Å²) in [4.78, 5) is 10.9. The molecule has 0 saturated carbocycles. The molecule has 1 aliphatic rings. The van der Waals surface area contributed by atoms with E-state index in [9.17, 15) is 8.68 Å². The van der Waals surface area contributed by atoms with E-state index in [1.54, 1.807) is 0 Å². The van der Waals surface area contributed by atoms with Crippen LogP contribution in [0.5, 0.6) is 0 Å². The van der Waals surface area contributed by atoms with E-state index in [0.717, 1.165) is 19.4 Å². The molecule has 1 N–H and O–H groups in total. The highest BCUT2D eigenvalue weighted by atomic mass is 33.1. The molecule has 0 radical (unpaired) electrons. The van der Waals surface area contributed by atoms with Crippen molar-refractivity contribution in [2.45, 2.75) is 18.9 Å². The first-order valence-corrected chi connectivity index (χ1v) is 5.12. The standard InChI is InChI=1S/C5H8FNOS2/c6-10-9-5(8)4-2-1-3-7-4/h4,7H,1-3H2/t4-/m0/s1. The molecule has 5 heteroatoms. The van der Waals surface area contributed by atoms with Crippen molar-refractivity contribution in [1.82, 2.24) is 5.32 Å². The fraction of sp³-hybridized carbons (Fsp3) is 0.800. The van der Waals surface area contributed by atoms with Gasteiger partial charge in [-0.25, -0.2) is 0 Å². The van der Waals surface area contributed by atoms with E-state index in [-0.39, 0.29) is 22.3 Å². The zero-order valence-corrected chi connectivity index (χ0v) is 6.93. The number of nitrogens with one attached hydrogen (secondary N) is 1. The van der Waals surface area contributed by atoms with Crippen LogP contribution in [0.2, 0.25) is 0 Å². The van der Waals surface area contributed by atoms with Crippen LogP contribution in [0.25, 0.3) is 0 Å². The molecule has 2 nitrogen and oxygen atoms in total. The van der Waals surface area contributed by atoms with Gasteiger partial charge in [-0.15, -0.1) is 0 Å². The minimum atomic E-state index is -0.103. The third-order valence-corrected chi connectivity index (χ3v) is 2.65. The van der Waals surface area contributed by atoms with Crippen molar-refractivity contribution in [3.05, 3.63) is 0 Å². The molecule has 1 aliphatic heterocycles. The first-order chi connectivity index (χ1) is 4.84.